The number of carbonyl (C=O) groups excluding carboxylic acids is 1. The summed E-state index contributed by atoms with van der Waals surface area (Å²) in [4.78, 5) is 19.2. The highest BCUT2D eigenvalue weighted by Crippen LogP contribution is 2.29. The summed E-state index contributed by atoms with van der Waals surface area (Å²) in [6.07, 6.45) is 3.98. The smallest absolute Gasteiger partial charge is 0.251 e. The third kappa shape index (κ3) is 4.25. The molecule has 28 heavy (non-hydrogen) atoms. The van der Waals surface area contributed by atoms with E-state index in [4.69, 9.17) is 9.72 Å². The number of halogens is 1. The third-order valence-corrected chi connectivity index (χ3v) is 5.82. The molecule has 0 radical (unpaired) electrons. The fourth-order valence-electron chi connectivity index (χ4n) is 4.31. The lowest BCUT2D eigenvalue weighted by Crippen LogP contribution is -2.43. The minimum atomic E-state index is -0.235. The maximum atomic E-state index is 14.0. The topological polar surface area (TPSA) is 42.4 Å². The van der Waals surface area contributed by atoms with Crippen molar-refractivity contribution in [3.05, 3.63) is 64.7 Å². The molecule has 4 rings (SSSR count). The number of pyridine rings is 1. The van der Waals surface area contributed by atoms with Crippen molar-refractivity contribution >= 4 is 5.91 Å². The Balaban J connectivity index is 1.43. The number of ether oxygens (including phenoxy) is 1. The van der Waals surface area contributed by atoms with E-state index >= 15 is 0 Å². The average molecular weight is 382 g/mol. The predicted molar refractivity (Wildman–Crippen MR) is 106 cm³/mol. The quantitative estimate of drug-likeness (QED) is 0.803. The van der Waals surface area contributed by atoms with Gasteiger partial charge in [0.2, 0.25) is 0 Å². The van der Waals surface area contributed by atoms with Crippen molar-refractivity contribution in [1.82, 2.24) is 9.88 Å². The van der Waals surface area contributed by atoms with Crippen LogP contribution in [-0.2, 0) is 16.0 Å². The lowest BCUT2D eigenvalue weighted by atomic mass is 9.91. The van der Waals surface area contributed by atoms with Gasteiger partial charge in [0.15, 0.2) is 0 Å². The lowest BCUT2D eigenvalue weighted by molar-refractivity contribution is -0.142. The molecule has 2 fully saturated rings. The molecule has 2 aromatic rings. The molecule has 0 saturated carbocycles. The monoisotopic (exact) mass is 382 g/mol. The van der Waals surface area contributed by atoms with Gasteiger partial charge in [-0.2, -0.15) is 0 Å². The van der Waals surface area contributed by atoms with E-state index in [9.17, 15) is 9.18 Å². The minimum absolute atomic E-state index is 0.147. The van der Waals surface area contributed by atoms with Gasteiger partial charge in [0.25, 0.3) is 5.91 Å². The molecule has 1 amide bonds. The third-order valence-electron chi connectivity index (χ3n) is 5.82. The van der Waals surface area contributed by atoms with E-state index < -0.39 is 0 Å². The fourth-order valence-corrected chi connectivity index (χ4v) is 4.31. The SMILES string of the molecule is Cc1cc(Cc2ccccc2F)cc(C2CCN(C(=O)[C@H]3CCCO3)CC2)n1. The summed E-state index contributed by atoms with van der Waals surface area (Å²) in [5, 5.41) is 0. The summed E-state index contributed by atoms with van der Waals surface area (Å²) in [6, 6.07) is 11.1. The average Bonchev–Trinajstić information content (AvgIpc) is 3.24. The molecule has 0 spiro atoms. The van der Waals surface area contributed by atoms with Crippen LogP contribution in [0.5, 0.6) is 0 Å². The molecule has 148 valence electrons. The number of aryl methyl sites for hydroxylation is 1. The first kappa shape index (κ1) is 19.1. The molecule has 3 heterocycles. The van der Waals surface area contributed by atoms with Gasteiger partial charge in [-0.15, -0.1) is 0 Å². The molecule has 2 saturated heterocycles. The van der Waals surface area contributed by atoms with Crippen molar-refractivity contribution in [2.75, 3.05) is 19.7 Å². The molecule has 1 aromatic heterocycles. The van der Waals surface area contributed by atoms with Crippen LogP contribution in [0.25, 0.3) is 0 Å². The van der Waals surface area contributed by atoms with Crippen LogP contribution in [0, 0.1) is 12.7 Å². The first-order valence-electron chi connectivity index (χ1n) is 10.2. The number of benzene rings is 1. The van der Waals surface area contributed by atoms with Gasteiger partial charge in [-0.3, -0.25) is 9.78 Å². The zero-order chi connectivity index (χ0) is 19.5. The summed E-state index contributed by atoms with van der Waals surface area (Å²) in [5.41, 5.74) is 3.82. The standard InChI is InChI=1S/C23H27FN2O2/c1-16-13-17(14-19-5-2-3-6-20(19)24)15-21(25-16)18-8-10-26(11-9-18)23(27)22-7-4-12-28-22/h2-3,5-6,13,15,18,22H,4,7-12,14H2,1H3/t22-/m1/s1. The van der Waals surface area contributed by atoms with Gasteiger partial charge in [-0.1, -0.05) is 18.2 Å². The lowest BCUT2D eigenvalue weighted by Gasteiger charge is -2.33. The molecule has 1 atom stereocenters. The summed E-state index contributed by atoms with van der Waals surface area (Å²) in [6.45, 7) is 4.19. The molecule has 0 unspecified atom stereocenters. The van der Waals surface area contributed by atoms with Crippen LogP contribution in [-0.4, -0.2) is 41.6 Å². The summed E-state index contributed by atoms with van der Waals surface area (Å²) in [5.74, 6) is 0.320. The molecule has 0 bridgehead atoms. The predicted octanol–water partition coefficient (Wildman–Crippen LogP) is 4.00. The number of amides is 1. The maximum Gasteiger partial charge on any atom is 0.251 e. The van der Waals surface area contributed by atoms with Gasteiger partial charge in [0, 0.05) is 43.4 Å². The van der Waals surface area contributed by atoms with Crippen LogP contribution in [0.15, 0.2) is 36.4 Å². The summed E-state index contributed by atoms with van der Waals surface area (Å²) < 4.78 is 19.6. The highest BCUT2D eigenvalue weighted by molar-refractivity contribution is 5.81. The highest BCUT2D eigenvalue weighted by Gasteiger charge is 2.31. The Labute approximate surface area is 165 Å². The van der Waals surface area contributed by atoms with E-state index in [1.54, 1.807) is 6.07 Å². The summed E-state index contributed by atoms with van der Waals surface area (Å²) in [7, 11) is 0. The van der Waals surface area contributed by atoms with E-state index in [-0.39, 0.29) is 17.8 Å². The van der Waals surface area contributed by atoms with Gasteiger partial charge in [0.1, 0.15) is 11.9 Å². The second kappa shape index (κ2) is 8.39. The number of piperidine rings is 1. The van der Waals surface area contributed by atoms with Crippen LogP contribution in [0.2, 0.25) is 0 Å². The Morgan fingerprint density at radius 3 is 2.71 bits per heavy atom. The number of hydrogen-bond acceptors (Lipinski definition) is 3. The van der Waals surface area contributed by atoms with E-state index in [1.807, 2.05) is 30.0 Å². The largest absolute Gasteiger partial charge is 0.368 e. The number of hydrogen-bond donors (Lipinski definition) is 0. The first-order valence-corrected chi connectivity index (χ1v) is 10.2. The van der Waals surface area contributed by atoms with Crippen molar-refractivity contribution in [3.8, 4) is 0 Å². The molecule has 0 aliphatic carbocycles. The molecule has 4 nitrogen and oxygen atoms in total. The molecule has 5 heteroatoms. The fraction of sp³-hybridized carbons (Fsp3) is 0.478. The van der Waals surface area contributed by atoms with E-state index in [2.05, 4.69) is 6.07 Å². The molecule has 1 aromatic carbocycles. The number of aromatic nitrogens is 1. The van der Waals surface area contributed by atoms with Crippen molar-refractivity contribution in [3.63, 3.8) is 0 Å². The number of rotatable bonds is 4. The Kier molecular flexibility index (Phi) is 5.72. The van der Waals surface area contributed by atoms with Crippen LogP contribution in [0.1, 0.15) is 54.1 Å². The van der Waals surface area contributed by atoms with E-state index in [0.717, 1.165) is 55.7 Å². The normalized spacial score (nSPS) is 20.5. The molecule has 0 N–H and O–H groups in total. The molecular formula is C23H27FN2O2. The Bertz CT molecular complexity index is 840. The van der Waals surface area contributed by atoms with Crippen molar-refractivity contribution in [1.29, 1.82) is 0 Å². The number of nitrogens with zero attached hydrogens (tertiary/aromatic N) is 2. The molecule has 2 aliphatic heterocycles. The van der Waals surface area contributed by atoms with Crippen LogP contribution in [0.3, 0.4) is 0 Å². The number of likely N-dealkylation sites (tertiary alicyclic amines) is 1. The molecular weight excluding hydrogens is 355 g/mol. The van der Waals surface area contributed by atoms with Crippen LogP contribution >= 0.6 is 0 Å². The Morgan fingerprint density at radius 2 is 2.00 bits per heavy atom. The van der Waals surface area contributed by atoms with Gasteiger partial charge in [-0.05, 0) is 61.9 Å². The van der Waals surface area contributed by atoms with Gasteiger partial charge in [-0.25, -0.2) is 4.39 Å². The highest BCUT2D eigenvalue weighted by atomic mass is 19.1. The van der Waals surface area contributed by atoms with Crippen LogP contribution < -0.4 is 0 Å². The zero-order valence-corrected chi connectivity index (χ0v) is 16.4. The zero-order valence-electron chi connectivity index (χ0n) is 16.4. The van der Waals surface area contributed by atoms with Crippen molar-refractivity contribution < 1.29 is 13.9 Å². The Hall–Kier alpha value is -2.27. The van der Waals surface area contributed by atoms with Crippen LogP contribution in [0.4, 0.5) is 4.39 Å². The minimum Gasteiger partial charge on any atom is -0.368 e. The van der Waals surface area contributed by atoms with Crippen molar-refractivity contribution in [2.24, 2.45) is 0 Å². The van der Waals surface area contributed by atoms with E-state index in [1.165, 1.54) is 6.07 Å². The molecule has 2 aliphatic rings. The second-order valence-corrected chi connectivity index (χ2v) is 7.91. The van der Waals surface area contributed by atoms with Gasteiger partial charge in [0.05, 0.1) is 0 Å². The Morgan fingerprint density at radius 1 is 1.21 bits per heavy atom. The van der Waals surface area contributed by atoms with Gasteiger partial charge >= 0.3 is 0 Å². The van der Waals surface area contributed by atoms with Gasteiger partial charge < -0.3 is 9.64 Å². The summed E-state index contributed by atoms with van der Waals surface area (Å²) >= 11 is 0. The maximum absolute atomic E-state index is 14.0. The number of carbonyl (C=O) groups is 1. The second-order valence-electron chi connectivity index (χ2n) is 7.91. The first-order chi connectivity index (χ1) is 13.6. The van der Waals surface area contributed by atoms with E-state index in [0.29, 0.717) is 24.5 Å². The van der Waals surface area contributed by atoms with Crippen molar-refractivity contribution in [2.45, 2.75) is 51.0 Å².